The first kappa shape index (κ1) is 13.0. The van der Waals surface area contributed by atoms with Gasteiger partial charge in [0, 0.05) is 4.88 Å². The first-order valence-corrected chi connectivity index (χ1v) is 7.09. The van der Waals surface area contributed by atoms with Gasteiger partial charge in [-0.15, -0.1) is 11.3 Å². The second-order valence-electron chi connectivity index (χ2n) is 4.58. The number of hydrogen-bond acceptors (Lipinski definition) is 5. The van der Waals surface area contributed by atoms with Gasteiger partial charge in [-0.3, -0.25) is 0 Å². The van der Waals surface area contributed by atoms with Crippen LogP contribution in [-0.4, -0.2) is 21.0 Å². The molecule has 0 unspecified atom stereocenters. The molecular formula is C13H12FN3O2S. The molecule has 5 nitrogen and oxygen atoms in total. The summed E-state index contributed by atoms with van der Waals surface area (Å²) in [5.41, 5.74) is 0.876. The van der Waals surface area contributed by atoms with E-state index in [1.807, 2.05) is 0 Å². The van der Waals surface area contributed by atoms with Gasteiger partial charge in [0.05, 0.1) is 11.9 Å². The van der Waals surface area contributed by atoms with Gasteiger partial charge in [0.2, 0.25) is 0 Å². The van der Waals surface area contributed by atoms with Crippen LogP contribution in [0, 0.1) is 5.82 Å². The molecule has 0 fully saturated rings. The first-order chi connectivity index (χ1) is 9.63. The Hall–Kier alpha value is -2.02. The largest absolute Gasteiger partial charge is 0.478 e. The van der Waals surface area contributed by atoms with Crippen LogP contribution < -0.4 is 5.32 Å². The zero-order chi connectivity index (χ0) is 14.1. The number of pyridine rings is 1. The molecule has 0 amide bonds. The molecule has 1 aliphatic rings. The zero-order valence-corrected chi connectivity index (χ0v) is 11.3. The molecule has 0 saturated heterocycles. The summed E-state index contributed by atoms with van der Waals surface area (Å²) >= 11 is 1.51. The van der Waals surface area contributed by atoms with Crippen molar-refractivity contribution < 1.29 is 14.3 Å². The van der Waals surface area contributed by atoms with E-state index in [0.29, 0.717) is 5.13 Å². The molecule has 0 spiro atoms. The molecule has 0 saturated carbocycles. The molecule has 0 atom stereocenters. The van der Waals surface area contributed by atoms with Crippen LogP contribution >= 0.6 is 11.3 Å². The summed E-state index contributed by atoms with van der Waals surface area (Å²) in [5, 5.41) is 12.6. The molecule has 0 aromatic carbocycles. The SMILES string of the molecule is O=C(O)c1cc(F)cnc1Nc1nc2c(s1)CCCC2. The van der Waals surface area contributed by atoms with Crippen molar-refractivity contribution in [2.45, 2.75) is 25.7 Å². The minimum Gasteiger partial charge on any atom is -0.478 e. The fourth-order valence-electron chi connectivity index (χ4n) is 2.21. The maximum Gasteiger partial charge on any atom is 0.339 e. The fraction of sp³-hybridized carbons (Fsp3) is 0.308. The molecule has 3 rings (SSSR count). The number of rotatable bonds is 3. The number of carbonyl (C=O) groups is 1. The lowest BCUT2D eigenvalue weighted by atomic mass is 10.0. The van der Waals surface area contributed by atoms with Crippen LogP contribution in [0.4, 0.5) is 15.3 Å². The molecule has 2 N–H and O–H groups in total. The Balaban J connectivity index is 1.91. The van der Waals surface area contributed by atoms with Crippen molar-refractivity contribution in [2.75, 3.05) is 5.32 Å². The third kappa shape index (κ3) is 2.49. The van der Waals surface area contributed by atoms with E-state index in [-0.39, 0.29) is 11.4 Å². The normalized spacial score (nSPS) is 13.8. The minimum absolute atomic E-state index is 0.116. The molecule has 1 aliphatic carbocycles. The predicted molar refractivity (Wildman–Crippen MR) is 73.2 cm³/mol. The van der Waals surface area contributed by atoms with Crippen molar-refractivity contribution in [3.63, 3.8) is 0 Å². The molecule has 2 aromatic rings. The maximum absolute atomic E-state index is 13.1. The molecule has 0 radical (unpaired) electrons. The fourth-order valence-corrected chi connectivity index (χ4v) is 3.26. The minimum atomic E-state index is -1.22. The van der Waals surface area contributed by atoms with E-state index in [0.717, 1.165) is 43.6 Å². The number of carboxylic acids is 1. The van der Waals surface area contributed by atoms with E-state index in [9.17, 15) is 9.18 Å². The summed E-state index contributed by atoms with van der Waals surface area (Å²) in [4.78, 5) is 20.6. The highest BCUT2D eigenvalue weighted by Crippen LogP contribution is 2.31. The van der Waals surface area contributed by atoms with Gasteiger partial charge < -0.3 is 10.4 Å². The van der Waals surface area contributed by atoms with Crippen LogP contribution in [0.3, 0.4) is 0 Å². The van der Waals surface area contributed by atoms with Crippen LogP contribution in [-0.2, 0) is 12.8 Å². The molecule has 104 valence electrons. The lowest BCUT2D eigenvalue weighted by molar-refractivity contribution is 0.0697. The van der Waals surface area contributed by atoms with Gasteiger partial charge in [-0.25, -0.2) is 19.2 Å². The van der Waals surface area contributed by atoms with Crippen molar-refractivity contribution in [1.29, 1.82) is 0 Å². The Kier molecular flexibility index (Phi) is 3.35. The second-order valence-corrected chi connectivity index (χ2v) is 5.66. The van der Waals surface area contributed by atoms with Crippen molar-refractivity contribution in [1.82, 2.24) is 9.97 Å². The summed E-state index contributed by atoms with van der Waals surface area (Å²) in [5.74, 6) is -1.78. The smallest absolute Gasteiger partial charge is 0.339 e. The van der Waals surface area contributed by atoms with Crippen molar-refractivity contribution in [3.05, 3.63) is 34.2 Å². The summed E-state index contributed by atoms with van der Waals surface area (Å²) < 4.78 is 13.1. The summed E-state index contributed by atoms with van der Waals surface area (Å²) in [7, 11) is 0. The highest BCUT2D eigenvalue weighted by molar-refractivity contribution is 7.15. The molecule has 7 heteroatoms. The number of halogens is 1. The van der Waals surface area contributed by atoms with Crippen LogP contribution in [0.15, 0.2) is 12.3 Å². The Morgan fingerprint density at radius 2 is 2.20 bits per heavy atom. The quantitative estimate of drug-likeness (QED) is 0.910. The van der Waals surface area contributed by atoms with E-state index in [1.165, 1.54) is 16.2 Å². The van der Waals surface area contributed by atoms with Crippen LogP contribution in [0.5, 0.6) is 0 Å². The van der Waals surface area contributed by atoms with Gasteiger partial charge in [0.1, 0.15) is 17.2 Å². The summed E-state index contributed by atoms with van der Waals surface area (Å²) in [6, 6.07) is 0.950. The zero-order valence-electron chi connectivity index (χ0n) is 10.5. The van der Waals surface area contributed by atoms with Crippen molar-refractivity contribution >= 4 is 28.3 Å². The van der Waals surface area contributed by atoms with Gasteiger partial charge in [0.15, 0.2) is 5.13 Å². The highest BCUT2D eigenvalue weighted by Gasteiger charge is 2.18. The number of aromatic carboxylic acids is 1. The standard InChI is InChI=1S/C13H12FN3O2S/c14-7-5-8(12(18)19)11(15-6-7)17-13-16-9-3-1-2-4-10(9)20-13/h5-6H,1-4H2,(H,18,19)(H,15,16,17). The van der Waals surface area contributed by atoms with E-state index < -0.39 is 11.8 Å². The molecule has 0 aliphatic heterocycles. The summed E-state index contributed by atoms with van der Waals surface area (Å²) in [6.45, 7) is 0. The summed E-state index contributed by atoms with van der Waals surface area (Å²) in [6.07, 6.45) is 5.24. The number of nitrogens with zero attached hydrogens (tertiary/aromatic N) is 2. The van der Waals surface area contributed by atoms with Gasteiger partial charge in [-0.05, 0) is 31.7 Å². The third-order valence-corrected chi connectivity index (χ3v) is 4.23. The van der Waals surface area contributed by atoms with Crippen LogP contribution in [0.2, 0.25) is 0 Å². The monoisotopic (exact) mass is 293 g/mol. The van der Waals surface area contributed by atoms with Gasteiger partial charge in [-0.1, -0.05) is 0 Å². The first-order valence-electron chi connectivity index (χ1n) is 6.28. The van der Waals surface area contributed by atoms with Gasteiger partial charge in [-0.2, -0.15) is 0 Å². The Bertz CT molecular complexity index is 648. The predicted octanol–water partition coefficient (Wildman–Crippen LogP) is 3.00. The van der Waals surface area contributed by atoms with Crippen molar-refractivity contribution in [3.8, 4) is 0 Å². The number of fused-ring (bicyclic) bond motifs is 1. The number of thiazole rings is 1. The molecule has 0 bridgehead atoms. The number of aryl methyl sites for hydroxylation is 2. The Morgan fingerprint density at radius 3 is 2.95 bits per heavy atom. The Labute approximate surface area is 118 Å². The Morgan fingerprint density at radius 1 is 1.40 bits per heavy atom. The molecule has 20 heavy (non-hydrogen) atoms. The molecule has 2 aromatic heterocycles. The number of hydrogen-bond donors (Lipinski definition) is 2. The lowest BCUT2D eigenvalue weighted by Gasteiger charge is -2.06. The number of aromatic nitrogens is 2. The van der Waals surface area contributed by atoms with E-state index in [1.54, 1.807) is 0 Å². The van der Waals surface area contributed by atoms with Crippen LogP contribution in [0.25, 0.3) is 0 Å². The number of nitrogens with one attached hydrogen (secondary N) is 1. The number of carboxylic acid groups (broad SMARTS) is 1. The second kappa shape index (κ2) is 5.16. The van der Waals surface area contributed by atoms with Crippen LogP contribution in [0.1, 0.15) is 33.8 Å². The highest BCUT2D eigenvalue weighted by atomic mass is 32.1. The average molecular weight is 293 g/mol. The van der Waals surface area contributed by atoms with E-state index >= 15 is 0 Å². The molecular weight excluding hydrogens is 281 g/mol. The van der Waals surface area contributed by atoms with Gasteiger partial charge in [0.25, 0.3) is 0 Å². The van der Waals surface area contributed by atoms with E-state index in [2.05, 4.69) is 15.3 Å². The maximum atomic E-state index is 13.1. The topological polar surface area (TPSA) is 75.1 Å². The lowest BCUT2D eigenvalue weighted by Crippen LogP contribution is -2.05. The van der Waals surface area contributed by atoms with Gasteiger partial charge >= 0.3 is 5.97 Å². The van der Waals surface area contributed by atoms with Crippen molar-refractivity contribution in [2.24, 2.45) is 0 Å². The average Bonchev–Trinajstić information content (AvgIpc) is 2.82. The molecule has 2 heterocycles. The third-order valence-electron chi connectivity index (χ3n) is 3.16. The number of anilines is 2. The van der Waals surface area contributed by atoms with E-state index in [4.69, 9.17) is 5.11 Å².